The van der Waals surface area contributed by atoms with E-state index in [0.717, 1.165) is 16.6 Å². The number of aromatic nitrogens is 3. The van der Waals surface area contributed by atoms with E-state index in [1.165, 1.54) is 0 Å². The quantitative estimate of drug-likeness (QED) is 0.570. The van der Waals surface area contributed by atoms with E-state index in [4.69, 9.17) is 5.39 Å². The molecular formula is C8H8ClN5. The first-order valence-electron chi connectivity index (χ1n) is 3.90. The summed E-state index contributed by atoms with van der Waals surface area (Å²) in [5.41, 5.74) is 2.58. The molecular weight excluding hydrogens is 202 g/mol. The molecule has 6 heteroatoms. The number of rotatable bonds is 0. The molecule has 0 amide bonds. The lowest BCUT2D eigenvalue weighted by Gasteiger charge is -1.93. The van der Waals surface area contributed by atoms with Gasteiger partial charge in [0.1, 0.15) is 5.39 Å². The highest BCUT2D eigenvalue weighted by atomic mass is 35.5. The minimum Gasteiger partial charge on any atom is -1.00 e. The number of diazo groups is 1. The van der Waals surface area contributed by atoms with Crippen LogP contribution in [0.1, 0.15) is 11.3 Å². The fourth-order valence-corrected chi connectivity index (χ4v) is 1.43. The number of nitrogens with one attached hydrogen (secondary N) is 1. The van der Waals surface area contributed by atoms with Crippen LogP contribution in [-0.4, -0.2) is 15.2 Å². The number of hydrogen-bond acceptors (Lipinski definition) is 3. The molecule has 14 heavy (non-hydrogen) atoms. The van der Waals surface area contributed by atoms with E-state index in [1.807, 2.05) is 19.9 Å². The number of aromatic amines is 1. The molecule has 0 spiro atoms. The lowest BCUT2D eigenvalue weighted by atomic mass is 10.2. The van der Waals surface area contributed by atoms with E-state index >= 15 is 0 Å². The second-order valence-corrected chi connectivity index (χ2v) is 2.95. The summed E-state index contributed by atoms with van der Waals surface area (Å²) in [4.78, 5) is 7.28. The molecule has 2 aromatic heterocycles. The maximum Gasteiger partial charge on any atom is 0.497 e. The number of aryl methyl sites for hydroxylation is 2. The Balaban J connectivity index is 0.000000980. The second kappa shape index (κ2) is 3.60. The summed E-state index contributed by atoms with van der Waals surface area (Å²) in [5, 5.41) is 15.9. The van der Waals surface area contributed by atoms with Crippen molar-refractivity contribution in [3.63, 3.8) is 0 Å². The Hall–Kier alpha value is -1.67. The summed E-state index contributed by atoms with van der Waals surface area (Å²) in [7, 11) is 0. The number of H-pyrrole nitrogens is 1. The van der Waals surface area contributed by atoms with Crippen LogP contribution in [0.25, 0.3) is 16.0 Å². The summed E-state index contributed by atoms with van der Waals surface area (Å²) >= 11 is 0. The lowest BCUT2D eigenvalue weighted by Crippen LogP contribution is -3.00. The van der Waals surface area contributed by atoms with Crippen LogP contribution in [-0.2, 0) is 0 Å². The van der Waals surface area contributed by atoms with Gasteiger partial charge in [-0.25, -0.2) is 4.98 Å². The van der Waals surface area contributed by atoms with Crippen LogP contribution in [0.15, 0.2) is 6.07 Å². The molecule has 0 aromatic carbocycles. The maximum absolute atomic E-state index is 8.63. The zero-order chi connectivity index (χ0) is 9.42. The van der Waals surface area contributed by atoms with Gasteiger partial charge in [0.2, 0.25) is 0 Å². The summed E-state index contributed by atoms with van der Waals surface area (Å²) in [5.74, 6) is 0.292. The molecule has 0 aliphatic rings. The second-order valence-electron chi connectivity index (χ2n) is 2.95. The molecule has 0 aliphatic heterocycles. The smallest absolute Gasteiger partial charge is 0.497 e. The van der Waals surface area contributed by atoms with Crippen LogP contribution in [0.4, 0.5) is 5.82 Å². The fraction of sp³-hybridized carbons (Fsp3) is 0.250. The van der Waals surface area contributed by atoms with Gasteiger partial charge in [-0.1, -0.05) is 0 Å². The largest absolute Gasteiger partial charge is 1.00 e. The molecule has 5 nitrogen and oxygen atoms in total. The Morgan fingerprint density at radius 2 is 2.14 bits per heavy atom. The Morgan fingerprint density at radius 3 is 2.79 bits per heavy atom. The molecule has 0 aliphatic carbocycles. The summed E-state index contributed by atoms with van der Waals surface area (Å²) in [6.07, 6.45) is 0. The minimum atomic E-state index is 0. The van der Waals surface area contributed by atoms with Crippen molar-refractivity contribution in [2.24, 2.45) is 0 Å². The van der Waals surface area contributed by atoms with Gasteiger partial charge in [0.25, 0.3) is 0 Å². The Kier molecular flexibility index (Phi) is 2.68. The van der Waals surface area contributed by atoms with Gasteiger partial charge >= 0.3 is 5.82 Å². The topological polar surface area (TPSA) is 69.7 Å². The van der Waals surface area contributed by atoms with E-state index in [0.29, 0.717) is 11.5 Å². The first-order valence-corrected chi connectivity index (χ1v) is 3.90. The normalized spacial score (nSPS) is 9.50. The number of fused-ring (bicyclic) bond motifs is 1. The number of hydrogen-bond donors (Lipinski definition) is 1. The molecule has 72 valence electrons. The number of nitrogens with zero attached hydrogens (tertiary/aromatic N) is 4. The highest BCUT2D eigenvalue weighted by Crippen LogP contribution is 2.25. The van der Waals surface area contributed by atoms with Gasteiger partial charge in [0.05, 0.1) is 10.5 Å². The number of pyridine rings is 1. The predicted octanol–water partition coefficient (Wildman–Crippen LogP) is -0.937. The Labute approximate surface area is 86.6 Å². The van der Waals surface area contributed by atoms with E-state index in [9.17, 15) is 0 Å². The van der Waals surface area contributed by atoms with Crippen LogP contribution >= 0.6 is 0 Å². The van der Waals surface area contributed by atoms with Crippen molar-refractivity contribution in [3.8, 4) is 0 Å². The van der Waals surface area contributed by atoms with Gasteiger partial charge in [-0.2, -0.15) is 5.10 Å². The zero-order valence-electron chi connectivity index (χ0n) is 7.74. The highest BCUT2D eigenvalue weighted by Gasteiger charge is 2.19. The molecule has 0 unspecified atom stereocenters. The summed E-state index contributed by atoms with van der Waals surface area (Å²) in [6, 6.07) is 1.92. The molecule has 0 radical (unpaired) electrons. The fourth-order valence-electron chi connectivity index (χ4n) is 1.43. The van der Waals surface area contributed by atoms with Crippen LogP contribution in [0.2, 0.25) is 0 Å². The molecule has 0 bridgehead atoms. The molecule has 2 heterocycles. The Morgan fingerprint density at radius 1 is 1.43 bits per heavy atom. The molecule has 1 N–H and O–H groups in total. The molecule has 2 aromatic rings. The lowest BCUT2D eigenvalue weighted by molar-refractivity contribution is -0.00000322. The summed E-state index contributed by atoms with van der Waals surface area (Å²) in [6.45, 7) is 3.84. The van der Waals surface area contributed by atoms with Crippen molar-refractivity contribution in [1.29, 1.82) is 5.39 Å². The molecule has 0 saturated carbocycles. The highest BCUT2D eigenvalue weighted by molar-refractivity contribution is 5.90. The van der Waals surface area contributed by atoms with E-state index < -0.39 is 0 Å². The maximum atomic E-state index is 8.63. The van der Waals surface area contributed by atoms with Crippen molar-refractivity contribution < 1.29 is 12.4 Å². The van der Waals surface area contributed by atoms with E-state index in [2.05, 4.69) is 20.2 Å². The molecule has 2 rings (SSSR count). The van der Waals surface area contributed by atoms with Gasteiger partial charge in [0.15, 0.2) is 5.65 Å². The van der Waals surface area contributed by atoms with Crippen LogP contribution in [0.5, 0.6) is 0 Å². The Bertz CT molecular complexity index is 510. The molecule has 0 fully saturated rings. The van der Waals surface area contributed by atoms with Crippen molar-refractivity contribution in [2.75, 3.05) is 0 Å². The van der Waals surface area contributed by atoms with E-state index in [-0.39, 0.29) is 12.4 Å². The standard InChI is InChI=1S/C8H8N5.ClH/c1-4-3-5(2)10-7-6(4)8(11-9)13-12-7;/h3H,1-2H3,(H,10,12,13);1H/q+1;/p-1. The van der Waals surface area contributed by atoms with Crippen molar-refractivity contribution in [2.45, 2.75) is 13.8 Å². The van der Waals surface area contributed by atoms with Crippen molar-refractivity contribution >= 4 is 16.9 Å². The van der Waals surface area contributed by atoms with Gasteiger partial charge < -0.3 is 12.4 Å². The monoisotopic (exact) mass is 209 g/mol. The van der Waals surface area contributed by atoms with Gasteiger partial charge in [-0.3, -0.25) is 0 Å². The van der Waals surface area contributed by atoms with Crippen molar-refractivity contribution in [3.05, 3.63) is 22.3 Å². The van der Waals surface area contributed by atoms with Gasteiger partial charge in [-0.05, 0) is 25.5 Å². The van der Waals surface area contributed by atoms with Crippen LogP contribution < -0.4 is 12.4 Å². The third-order valence-electron chi connectivity index (χ3n) is 1.93. The predicted molar refractivity (Wildman–Crippen MR) is 48.1 cm³/mol. The third kappa shape index (κ3) is 1.40. The summed E-state index contributed by atoms with van der Waals surface area (Å²) < 4.78 is 0. The average molecular weight is 210 g/mol. The van der Waals surface area contributed by atoms with Gasteiger partial charge in [-0.15, -0.1) is 0 Å². The first kappa shape index (κ1) is 10.4. The van der Waals surface area contributed by atoms with Crippen LogP contribution in [0.3, 0.4) is 0 Å². The van der Waals surface area contributed by atoms with Crippen molar-refractivity contribution in [1.82, 2.24) is 15.2 Å². The zero-order valence-corrected chi connectivity index (χ0v) is 8.50. The average Bonchev–Trinajstić information content (AvgIpc) is 2.47. The SMILES string of the molecule is Cc1cc(C)c2c([N+]#N)n[nH]c2n1.[Cl-]. The molecule has 0 atom stereocenters. The first-order chi connectivity index (χ1) is 6.22. The van der Waals surface area contributed by atoms with E-state index in [1.54, 1.807) is 0 Å². The third-order valence-corrected chi connectivity index (χ3v) is 1.93. The van der Waals surface area contributed by atoms with Gasteiger partial charge in [0, 0.05) is 10.7 Å². The van der Waals surface area contributed by atoms with Crippen LogP contribution in [0, 0.1) is 19.2 Å². The number of halogens is 1. The minimum absolute atomic E-state index is 0. The molecule has 0 saturated heterocycles.